The van der Waals surface area contributed by atoms with Crippen molar-refractivity contribution < 1.29 is 14.7 Å². The Balaban J connectivity index is 1.42. The van der Waals surface area contributed by atoms with Crippen LogP contribution < -0.4 is 10.6 Å². The molecule has 34 heavy (non-hydrogen) atoms. The molecular formula is C27H36N4O3. The number of carbonyl (C=O) groups is 2. The smallest absolute Gasteiger partial charge is 0.251 e. The summed E-state index contributed by atoms with van der Waals surface area (Å²) >= 11 is 0. The summed E-state index contributed by atoms with van der Waals surface area (Å²) in [7, 11) is 0. The van der Waals surface area contributed by atoms with Crippen molar-refractivity contribution in [2.24, 2.45) is 29.1 Å². The highest BCUT2D eigenvalue weighted by Crippen LogP contribution is 2.55. The lowest BCUT2D eigenvalue weighted by molar-refractivity contribution is -0.142. The topological polar surface area (TPSA) is 104 Å². The van der Waals surface area contributed by atoms with Gasteiger partial charge < -0.3 is 15.7 Å². The standard InChI is InChI=1S/C27H36N4O3/c1-17(25(33)30-16-20-6-4-5-13-29-20)21-7-11-27(3)12-8-22(18(2)23(27)24(21)32)31-26(34)19-9-14-28-15-10-19/h4-6,9-10,13-15,17-18,21-24,32H,7-8,11-12,16H2,1-3H3,(H,30,33)(H,31,34)/t17-,18+,21?,22-,23+,24-,27-/m0/s1. The van der Waals surface area contributed by atoms with E-state index in [1.807, 2.05) is 25.1 Å². The summed E-state index contributed by atoms with van der Waals surface area (Å²) in [5.74, 6) is -0.447. The normalized spacial score (nSPS) is 31.7. The fraction of sp³-hybridized carbons (Fsp3) is 0.556. The van der Waals surface area contributed by atoms with Crippen LogP contribution in [0.5, 0.6) is 0 Å². The highest BCUT2D eigenvalue weighted by molar-refractivity contribution is 5.94. The van der Waals surface area contributed by atoms with Crippen molar-refractivity contribution in [3.05, 3.63) is 60.2 Å². The number of nitrogens with one attached hydrogen (secondary N) is 2. The van der Waals surface area contributed by atoms with Crippen LogP contribution >= 0.6 is 0 Å². The van der Waals surface area contributed by atoms with Crippen LogP contribution in [0.4, 0.5) is 0 Å². The molecule has 2 aliphatic carbocycles. The maximum atomic E-state index is 12.9. The van der Waals surface area contributed by atoms with Crippen LogP contribution in [0.1, 0.15) is 62.5 Å². The molecule has 182 valence electrons. The van der Waals surface area contributed by atoms with Crippen molar-refractivity contribution in [1.29, 1.82) is 0 Å². The van der Waals surface area contributed by atoms with Gasteiger partial charge in [0.05, 0.1) is 18.3 Å². The van der Waals surface area contributed by atoms with Crippen molar-refractivity contribution in [3.8, 4) is 0 Å². The number of hydrogen-bond donors (Lipinski definition) is 3. The Morgan fingerprint density at radius 2 is 1.88 bits per heavy atom. The Kier molecular flexibility index (Phi) is 7.31. The molecule has 2 aliphatic rings. The second kappa shape index (κ2) is 10.2. The number of fused-ring (bicyclic) bond motifs is 1. The number of pyridine rings is 2. The van der Waals surface area contributed by atoms with E-state index in [0.29, 0.717) is 12.1 Å². The van der Waals surface area contributed by atoms with E-state index in [2.05, 4.69) is 34.4 Å². The molecule has 2 aromatic heterocycles. The van der Waals surface area contributed by atoms with Gasteiger partial charge in [0.2, 0.25) is 5.91 Å². The summed E-state index contributed by atoms with van der Waals surface area (Å²) in [6, 6.07) is 9.04. The lowest BCUT2D eigenvalue weighted by atomic mass is 9.51. The molecule has 7 atom stereocenters. The van der Waals surface area contributed by atoms with Crippen LogP contribution in [0.25, 0.3) is 0 Å². The molecule has 2 aromatic rings. The van der Waals surface area contributed by atoms with Crippen molar-refractivity contribution >= 4 is 11.8 Å². The van der Waals surface area contributed by atoms with Gasteiger partial charge in [-0.15, -0.1) is 0 Å². The first-order valence-electron chi connectivity index (χ1n) is 12.4. The van der Waals surface area contributed by atoms with Gasteiger partial charge in [0, 0.05) is 36.1 Å². The molecule has 2 saturated carbocycles. The molecule has 2 fully saturated rings. The molecule has 0 aliphatic heterocycles. The van der Waals surface area contributed by atoms with E-state index in [-0.39, 0.29) is 46.9 Å². The van der Waals surface area contributed by atoms with Crippen molar-refractivity contribution in [2.45, 2.75) is 65.1 Å². The minimum atomic E-state index is -0.593. The zero-order chi connectivity index (χ0) is 24.3. The SMILES string of the molecule is C[C@H]1[C@@H]2[C@@H](O)C([C@H](C)C(=O)NCc3ccccn3)CC[C@@]2(C)CC[C@@H]1NC(=O)c1ccncc1. The second-order valence-corrected chi connectivity index (χ2v) is 10.4. The Morgan fingerprint density at radius 3 is 2.59 bits per heavy atom. The number of rotatable bonds is 6. The van der Waals surface area contributed by atoms with E-state index >= 15 is 0 Å². The first-order chi connectivity index (χ1) is 16.3. The molecule has 0 bridgehead atoms. The highest BCUT2D eigenvalue weighted by Gasteiger charge is 2.53. The molecule has 0 saturated heterocycles. The lowest BCUT2D eigenvalue weighted by Gasteiger charge is -2.56. The van der Waals surface area contributed by atoms with Gasteiger partial charge in [0.1, 0.15) is 0 Å². The summed E-state index contributed by atoms with van der Waals surface area (Å²) in [4.78, 5) is 34.0. The van der Waals surface area contributed by atoms with Gasteiger partial charge in [0.15, 0.2) is 0 Å². The number of aliphatic hydroxyl groups excluding tert-OH is 1. The van der Waals surface area contributed by atoms with Gasteiger partial charge >= 0.3 is 0 Å². The predicted molar refractivity (Wildman–Crippen MR) is 129 cm³/mol. The summed E-state index contributed by atoms with van der Waals surface area (Å²) in [6.07, 6.45) is 8.00. The van der Waals surface area contributed by atoms with Gasteiger partial charge in [-0.2, -0.15) is 0 Å². The quantitative estimate of drug-likeness (QED) is 0.608. The fourth-order valence-corrected chi connectivity index (χ4v) is 6.29. The predicted octanol–water partition coefficient (Wildman–Crippen LogP) is 3.35. The minimum Gasteiger partial charge on any atom is -0.392 e. The first-order valence-corrected chi connectivity index (χ1v) is 12.4. The number of hydrogen-bond acceptors (Lipinski definition) is 5. The summed E-state index contributed by atoms with van der Waals surface area (Å²) in [5, 5.41) is 17.7. The van der Waals surface area contributed by atoms with Crippen LogP contribution in [-0.4, -0.2) is 39.0 Å². The van der Waals surface area contributed by atoms with Crippen LogP contribution in [0.15, 0.2) is 48.9 Å². The molecule has 0 radical (unpaired) electrons. The van der Waals surface area contributed by atoms with Gasteiger partial charge in [-0.1, -0.05) is 26.8 Å². The molecule has 2 amide bonds. The summed E-state index contributed by atoms with van der Waals surface area (Å²) in [5.41, 5.74) is 1.42. The number of nitrogens with zero attached hydrogens (tertiary/aromatic N) is 2. The maximum absolute atomic E-state index is 12.9. The van der Waals surface area contributed by atoms with Crippen LogP contribution in [0.2, 0.25) is 0 Å². The molecule has 2 heterocycles. The zero-order valence-electron chi connectivity index (χ0n) is 20.3. The lowest BCUT2D eigenvalue weighted by Crippen LogP contribution is -2.58. The zero-order valence-corrected chi connectivity index (χ0v) is 20.3. The van der Waals surface area contributed by atoms with Crippen LogP contribution in [0.3, 0.4) is 0 Å². The van der Waals surface area contributed by atoms with E-state index in [9.17, 15) is 14.7 Å². The third kappa shape index (κ3) is 4.99. The highest BCUT2D eigenvalue weighted by atomic mass is 16.3. The number of aliphatic hydroxyl groups is 1. The Hall–Kier alpha value is -2.80. The van der Waals surface area contributed by atoms with E-state index in [4.69, 9.17) is 0 Å². The monoisotopic (exact) mass is 464 g/mol. The van der Waals surface area contributed by atoms with E-state index in [1.165, 1.54) is 0 Å². The van der Waals surface area contributed by atoms with Gasteiger partial charge in [-0.05, 0) is 73.1 Å². The Morgan fingerprint density at radius 1 is 1.15 bits per heavy atom. The Bertz CT molecular complexity index is 986. The molecule has 4 rings (SSSR count). The molecule has 1 unspecified atom stereocenters. The second-order valence-electron chi connectivity index (χ2n) is 10.4. The summed E-state index contributed by atoms with van der Waals surface area (Å²) in [6.45, 7) is 6.70. The maximum Gasteiger partial charge on any atom is 0.251 e. The van der Waals surface area contributed by atoms with Crippen LogP contribution in [-0.2, 0) is 11.3 Å². The van der Waals surface area contributed by atoms with Gasteiger partial charge in [0.25, 0.3) is 5.91 Å². The van der Waals surface area contributed by atoms with Gasteiger partial charge in [-0.3, -0.25) is 19.6 Å². The van der Waals surface area contributed by atoms with Crippen molar-refractivity contribution in [1.82, 2.24) is 20.6 Å². The largest absolute Gasteiger partial charge is 0.392 e. The van der Waals surface area contributed by atoms with E-state index in [0.717, 1.165) is 31.4 Å². The van der Waals surface area contributed by atoms with Crippen LogP contribution in [0, 0.1) is 29.1 Å². The minimum absolute atomic E-state index is 0.0113. The fourth-order valence-electron chi connectivity index (χ4n) is 6.29. The Labute approximate surface area is 201 Å². The average molecular weight is 465 g/mol. The molecule has 7 heteroatoms. The van der Waals surface area contributed by atoms with E-state index in [1.54, 1.807) is 30.7 Å². The van der Waals surface area contributed by atoms with Crippen molar-refractivity contribution in [3.63, 3.8) is 0 Å². The van der Waals surface area contributed by atoms with Gasteiger partial charge in [-0.25, -0.2) is 0 Å². The molecule has 0 aromatic carbocycles. The number of carbonyl (C=O) groups excluding carboxylic acids is 2. The average Bonchev–Trinajstić information content (AvgIpc) is 2.85. The third-order valence-corrected chi connectivity index (χ3v) is 8.37. The number of amides is 2. The molecular weight excluding hydrogens is 428 g/mol. The van der Waals surface area contributed by atoms with Crippen molar-refractivity contribution in [2.75, 3.05) is 0 Å². The summed E-state index contributed by atoms with van der Waals surface area (Å²) < 4.78 is 0. The molecule has 7 nitrogen and oxygen atoms in total. The third-order valence-electron chi connectivity index (χ3n) is 8.37. The number of aromatic nitrogens is 2. The first kappa shape index (κ1) is 24.3. The molecule has 3 N–H and O–H groups in total. The van der Waals surface area contributed by atoms with E-state index < -0.39 is 6.10 Å². The molecule has 0 spiro atoms.